The lowest BCUT2D eigenvalue weighted by Crippen LogP contribution is -2.21. The van der Waals surface area contributed by atoms with E-state index in [0.717, 1.165) is 0 Å². The second-order valence-corrected chi connectivity index (χ2v) is 5.52. The Morgan fingerprint density at radius 2 is 2.04 bits per heavy atom. The van der Waals surface area contributed by atoms with Crippen molar-refractivity contribution in [3.63, 3.8) is 0 Å². The van der Waals surface area contributed by atoms with Gasteiger partial charge in [0.05, 0.1) is 12.5 Å². The Morgan fingerprint density at radius 3 is 2.65 bits per heavy atom. The molecule has 0 heterocycles. The van der Waals surface area contributed by atoms with Crippen LogP contribution in [-0.4, -0.2) is 37.3 Å². The molecule has 23 heavy (non-hydrogen) atoms. The van der Waals surface area contributed by atoms with Crippen LogP contribution in [0.1, 0.15) is 19.3 Å². The summed E-state index contributed by atoms with van der Waals surface area (Å²) in [4.78, 5) is 23.0. The van der Waals surface area contributed by atoms with Crippen LogP contribution in [0.3, 0.4) is 0 Å². The first-order valence-corrected chi connectivity index (χ1v) is 7.46. The van der Waals surface area contributed by atoms with Crippen LogP contribution in [0.2, 0.25) is 0 Å². The molecule has 1 saturated carbocycles. The topological polar surface area (TPSA) is 84.9 Å². The zero-order chi connectivity index (χ0) is 16.8. The fourth-order valence-electron chi connectivity index (χ4n) is 2.62. The molecule has 126 valence electrons. The van der Waals surface area contributed by atoms with Gasteiger partial charge in [-0.25, -0.2) is 4.39 Å². The number of hydrogen-bond donors (Lipinski definition) is 2. The molecule has 2 atom stereocenters. The number of carboxylic acids is 1. The van der Waals surface area contributed by atoms with Gasteiger partial charge in [0.15, 0.2) is 11.6 Å². The normalized spacial score (nSPS) is 20.3. The molecule has 1 amide bonds. The number of aliphatic carboxylic acids is 1. The highest BCUT2D eigenvalue weighted by Gasteiger charge is 2.33. The third kappa shape index (κ3) is 4.66. The third-order valence-corrected chi connectivity index (χ3v) is 3.90. The fraction of sp³-hybridized carbons (Fsp3) is 0.500. The summed E-state index contributed by atoms with van der Waals surface area (Å²) < 4.78 is 23.9. The van der Waals surface area contributed by atoms with Gasteiger partial charge in [0.25, 0.3) is 0 Å². The maximum Gasteiger partial charge on any atom is 0.306 e. The summed E-state index contributed by atoms with van der Waals surface area (Å²) in [5, 5.41) is 11.6. The van der Waals surface area contributed by atoms with Gasteiger partial charge in [-0.05, 0) is 31.4 Å². The van der Waals surface area contributed by atoms with Gasteiger partial charge < -0.3 is 19.9 Å². The number of rotatable bonds is 7. The Hall–Kier alpha value is -2.15. The van der Waals surface area contributed by atoms with E-state index in [2.05, 4.69) is 5.32 Å². The highest BCUT2D eigenvalue weighted by Crippen LogP contribution is 2.32. The van der Waals surface area contributed by atoms with Gasteiger partial charge in [0, 0.05) is 24.8 Å². The molecule has 0 radical (unpaired) electrons. The molecule has 0 unspecified atom stereocenters. The Kier molecular flexibility index (Phi) is 5.92. The van der Waals surface area contributed by atoms with E-state index in [-0.39, 0.29) is 24.2 Å². The van der Waals surface area contributed by atoms with Crippen molar-refractivity contribution in [2.75, 3.05) is 25.6 Å². The minimum Gasteiger partial charge on any atom is -0.488 e. The van der Waals surface area contributed by atoms with Crippen molar-refractivity contribution < 1.29 is 28.6 Å². The molecule has 2 rings (SSSR count). The quantitative estimate of drug-likeness (QED) is 0.751. The molecule has 1 aromatic rings. The zero-order valence-corrected chi connectivity index (χ0v) is 12.9. The monoisotopic (exact) mass is 325 g/mol. The van der Waals surface area contributed by atoms with Crippen molar-refractivity contribution in [1.82, 2.24) is 0 Å². The first-order valence-electron chi connectivity index (χ1n) is 7.46. The number of benzene rings is 1. The van der Waals surface area contributed by atoms with Crippen LogP contribution < -0.4 is 10.1 Å². The van der Waals surface area contributed by atoms with Gasteiger partial charge in [-0.15, -0.1) is 0 Å². The number of nitrogens with one attached hydrogen (secondary N) is 1. The van der Waals surface area contributed by atoms with Gasteiger partial charge in [-0.1, -0.05) is 0 Å². The van der Waals surface area contributed by atoms with Crippen LogP contribution in [0, 0.1) is 17.7 Å². The van der Waals surface area contributed by atoms with Crippen molar-refractivity contribution >= 4 is 17.6 Å². The predicted octanol–water partition coefficient (Wildman–Crippen LogP) is 2.29. The van der Waals surface area contributed by atoms with E-state index in [1.54, 1.807) is 6.07 Å². The number of hydrogen-bond acceptors (Lipinski definition) is 4. The van der Waals surface area contributed by atoms with E-state index in [1.807, 2.05) is 0 Å². The first-order chi connectivity index (χ1) is 11.0. The molecule has 6 nitrogen and oxygen atoms in total. The van der Waals surface area contributed by atoms with Crippen molar-refractivity contribution in [2.45, 2.75) is 19.3 Å². The van der Waals surface area contributed by atoms with Gasteiger partial charge in [-0.2, -0.15) is 0 Å². The Balaban J connectivity index is 1.91. The Bertz CT molecular complexity index is 578. The molecule has 1 aliphatic carbocycles. The summed E-state index contributed by atoms with van der Waals surface area (Å²) in [6.45, 7) is 0.585. The van der Waals surface area contributed by atoms with Crippen LogP contribution in [0.15, 0.2) is 18.2 Å². The van der Waals surface area contributed by atoms with Gasteiger partial charge >= 0.3 is 5.97 Å². The van der Waals surface area contributed by atoms with Crippen molar-refractivity contribution in [3.8, 4) is 5.75 Å². The van der Waals surface area contributed by atoms with E-state index < -0.39 is 17.7 Å². The van der Waals surface area contributed by atoms with Gasteiger partial charge in [0.1, 0.15) is 6.61 Å². The molecule has 0 aliphatic heterocycles. The standard InChI is InChI=1S/C16H20FNO5/c1-22-6-7-23-14-5-4-12(9-13(14)17)18-15(19)10-2-3-11(8-10)16(20)21/h4-5,9-11H,2-3,6-8H2,1H3,(H,18,19)(H,20,21)/t10-,11+/m1/s1. The summed E-state index contributed by atoms with van der Waals surface area (Å²) in [5.74, 6) is -2.46. The molecular weight excluding hydrogens is 305 g/mol. The second kappa shape index (κ2) is 7.92. The lowest BCUT2D eigenvalue weighted by molar-refractivity contribution is -0.141. The van der Waals surface area contributed by atoms with Crippen LogP contribution >= 0.6 is 0 Å². The Morgan fingerprint density at radius 1 is 1.30 bits per heavy atom. The highest BCUT2D eigenvalue weighted by molar-refractivity contribution is 5.93. The maximum atomic E-state index is 13.9. The van der Waals surface area contributed by atoms with E-state index >= 15 is 0 Å². The number of carboxylic acid groups (broad SMARTS) is 1. The lowest BCUT2D eigenvalue weighted by atomic mass is 10.0. The largest absolute Gasteiger partial charge is 0.488 e. The van der Waals surface area contributed by atoms with Gasteiger partial charge in [0.2, 0.25) is 5.91 Å². The molecular formula is C16H20FNO5. The summed E-state index contributed by atoms with van der Waals surface area (Å²) in [7, 11) is 1.52. The van der Waals surface area contributed by atoms with Crippen molar-refractivity contribution in [3.05, 3.63) is 24.0 Å². The number of halogens is 1. The number of carbonyl (C=O) groups excluding carboxylic acids is 1. The number of anilines is 1. The van der Waals surface area contributed by atoms with Crippen molar-refractivity contribution in [2.24, 2.45) is 11.8 Å². The minimum atomic E-state index is -0.871. The van der Waals surface area contributed by atoms with Crippen LogP contribution in [0.5, 0.6) is 5.75 Å². The summed E-state index contributed by atoms with van der Waals surface area (Å²) >= 11 is 0. The molecule has 0 aromatic heterocycles. The summed E-state index contributed by atoms with van der Waals surface area (Å²) in [6, 6.07) is 4.17. The van der Waals surface area contributed by atoms with Crippen LogP contribution in [0.25, 0.3) is 0 Å². The molecule has 2 N–H and O–H groups in total. The molecule has 0 bridgehead atoms. The average Bonchev–Trinajstić information content (AvgIpc) is 3.00. The number of ether oxygens (including phenoxy) is 2. The SMILES string of the molecule is COCCOc1ccc(NC(=O)[C@@H]2CC[C@H](C(=O)O)C2)cc1F. The third-order valence-electron chi connectivity index (χ3n) is 3.90. The molecule has 1 fully saturated rings. The Labute approximate surface area is 133 Å². The smallest absolute Gasteiger partial charge is 0.306 e. The van der Waals surface area contributed by atoms with Crippen molar-refractivity contribution in [1.29, 1.82) is 0 Å². The number of methoxy groups -OCH3 is 1. The molecule has 0 spiro atoms. The van der Waals surface area contributed by atoms with E-state index in [0.29, 0.717) is 31.6 Å². The van der Waals surface area contributed by atoms with E-state index in [9.17, 15) is 14.0 Å². The highest BCUT2D eigenvalue weighted by atomic mass is 19.1. The minimum absolute atomic E-state index is 0.0897. The van der Waals surface area contributed by atoms with E-state index in [1.165, 1.54) is 19.2 Å². The predicted molar refractivity (Wildman–Crippen MR) is 80.9 cm³/mol. The van der Waals surface area contributed by atoms with E-state index in [4.69, 9.17) is 14.6 Å². The zero-order valence-electron chi connectivity index (χ0n) is 12.9. The summed E-state index contributed by atoms with van der Waals surface area (Å²) in [6.07, 6.45) is 1.35. The van der Waals surface area contributed by atoms with Crippen LogP contribution in [0.4, 0.5) is 10.1 Å². The second-order valence-electron chi connectivity index (χ2n) is 5.52. The summed E-state index contributed by atoms with van der Waals surface area (Å²) in [5.41, 5.74) is 0.324. The maximum absolute atomic E-state index is 13.9. The van der Waals surface area contributed by atoms with Gasteiger partial charge in [-0.3, -0.25) is 9.59 Å². The van der Waals surface area contributed by atoms with Crippen LogP contribution in [-0.2, 0) is 14.3 Å². The molecule has 1 aromatic carbocycles. The molecule has 1 aliphatic rings. The fourth-order valence-corrected chi connectivity index (χ4v) is 2.62. The molecule has 0 saturated heterocycles. The first kappa shape index (κ1) is 17.2. The molecule has 7 heteroatoms. The average molecular weight is 325 g/mol. The number of carbonyl (C=O) groups is 2. The lowest BCUT2D eigenvalue weighted by Gasteiger charge is -2.12. The number of amides is 1.